The maximum Gasteiger partial charge on any atom is 0.306 e. The monoisotopic (exact) mass is 398 g/mol. The fourth-order valence-electron chi connectivity index (χ4n) is 2.52. The Bertz CT molecular complexity index is 831. The molecule has 0 aliphatic heterocycles. The normalized spacial score (nSPS) is 11.8. The van der Waals surface area contributed by atoms with Gasteiger partial charge in [0, 0.05) is 6.42 Å². The SMILES string of the molecule is CC(C)(C)OC(=O)CCC(NC=O)C(=O)Nc1ccccc1Oc1ccccc1. The highest BCUT2D eigenvalue weighted by atomic mass is 16.6. The van der Waals surface area contributed by atoms with Gasteiger partial charge < -0.3 is 20.1 Å². The number of anilines is 1. The van der Waals surface area contributed by atoms with Gasteiger partial charge in [-0.15, -0.1) is 0 Å². The molecule has 0 saturated heterocycles. The standard InChI is InChI=1S/C22H26N2O5/c1-22(2,3)29-20(26)14-13-18(23-15-25)21(27)24-17-11-7-8-12-19(17)28-16-9-5-4-6-10-16/h4-12,15,18H,13-14H2,1-3H3,(H,23,25)(H,24,27). The average molecular weight is 398 g/mol. The van der Waals surface area contributed by atoms with E-state index in [1.54, 1.807) is 57.2 Å². The molecule has 1 unspecified atom stereocenters. The van der Waals surface area contributed by atoms with Gasteiger partial charge in [-0.05, 0) is 51.5 Å². The minimum Gasteiger partial charge on any atom is -0.460 e. The number of rotatable bonds is 9. The number of hydrogen-bond acceptors (Lipinski definition) is 5. The number of hydrogen-bond donors (Lipinski definition) is 2. The lowest BCUT2D eigenvalue weighted by Crippen LogP contribution is -2.40. The fourth-order valence-corrected chi connectivity index (χ4v) is 2.52. The van der Waals surface area contributed by atoms with Crippen LogP contribution in [-0.4, -0.2) is 29.9 Å². The average Bonchev–Trinajstić information content (AvgIpc) is 2.66. The Kier molecular flexibility index (Phi) is 7.77. The minimum atomic E-state index is -0.884. The van der Waals surface area contributed by atoms with Gasteiger partial charge in [0.15, 0.2) is 5.75 Å². The molecule has 0 aliphatic rings. The molecule has 0 spiro atoms. The van der Waals surface area contributed by atoms with Crippen molar-refractivity contribution in [2.75, 3.05) is 5.32 Å². The molecule has 29 heavy (non-hydrogen) atoms. The lowest BCUT2D eigenvalue weighted by Gasteiger charge is -2.21. The van der Waals surface area contributed by atoms with Crippen molar-refractivity contribution >= 4 is 24.0 Å². The maximum absolute atomic E-state index is 12.7. The van der Waals surface area contributed by atoms with Gasteiger partial charge in [-0.25, -0.2) is 0 Å². The second-order valence-electron chi connectivity index (χ2n) is 7.36. The summed E-state index contributed by atoms with van der Waals surface area (Å²) in [6.45, 7) is 5.30. The summed E-state index contributed by atoms with van der Waals surface area (Å²) in [7, 11) is 0. The molecule has 7 heteroatoms. The number of nitrogens with one attached hydrogen (secondary N) is 2. The Balaban J connectivity index is 2.04. The number of ether oxygens (including phenoxy) is 2. The van der Waals surface area contributed by atoms with E-state index in [9.17, 15) is 14.4 Å². The number of carbonyl (C=O) groups is 3. The molecule has 0 aromatic heterocycles. The highest BCUT2D eigenvalue weighted by Crippen LogP contribution is 2.29. The van der Waals surface area contributed by atoms with Crippen molar-refractivity contribution in [3.63, 3.8) is 0 Å². The molecule has 0 radical (unpaired) electrons. The zero-order valence-corrected chi connectivity index (χ0v) is 16.8. The van der Waals surface area contributed by atoms with E-state index >= 15 is 0 Å². The Morgan fingerprint density at radius 1 is 1.03 bits per heavy atom. The van der Waals surface area contributed by atoms with Crippen LogP contribution in [0.4, 0.5) is 5.69 Å². The number of amides is 2. The van der Waals surface area contributed by atoms with Gasteiger partial charge in [-0.3, -0.25) is 14.4 Å². The van der Waals surface area contributed by atoms with E-state index in [4.69, 9.17) is 9.47 Å². The van der Waals surface area contributed by atoms with E-state index in [2.05, 4.69) is 10.6 Å². The van der Waals surface area contributed by atoms with Gasteiger partial charge in [-0.2, -0.15) is 0 Å². The van der Waals surface area contributed by atoms with E-state index in [-0.39, 0.29) is 12.8 Å². The van der Waals surface area contributed by atoms with Gasteiger partial charge in [0.1, 0.15) is 17.4 Å². The first-order valence-electron chi connectivity index (χ1n) is 9.33. The highest BCUT2D eigenvalue weighted by Gasteiger charge is 2.22. The van der Waals surface area contributed by atoms with Crippen LogP contribution in [0, 0.1) is 0 Å². The lowest BCUT2D eigenvalue weighted by molar-refractivity contribution is -0.155. The van der Waals surface area contributed by atoms with Crippen LogP contribution in [0.5, 0.6) is 11.5 Å². The molecule has 0 aliphatic carbocycles. The number of para-hydroxylation sites is 3. The zero-order valence-electron chi connectivity index (χ0n) is 16.8. The third kappa shape index (κ3) is 7.65. The minimum absolute atomic E-state index is 0.00163. The summed E-state index contributed by atoms with van der Waals surface area (Å²) in [6, 6.07) is 15.3. The van der Waals surface area contributed by atoms with Crippen LogP contribution in [0.1, 0.15) is 33.6 Å². The Hall–Kier alpha value is -3.35. The molecule has 2 N–H and O–H groups in total. The number of carbonyl (C=O) groups excluding carboxylic acids is 3. The van der Waals surface area contributed by atoms with E-state index in [0.29, 0.717) is 23.6 Å². The van der Waals surface area contributed by atoms with Crippen molar-refractivity contribution in [2.24, 2.45) is 0 Å². The summed E-state index contributed by atoms with van der Waals surface area (Å²) in [4.78, 5) is 35.5. The number of benzene rings is 2. The van der Waals surface area contributed by atoms with Crippen LogP contribution in [0.3, 0.4) is 0 Å². The van der Waals surface area contributed by atoms with Crippen LogP contribution < -0.4 is 15.4 Å². The largest absolute Gasteiger partial charge is 0.460 e. The van der Waals surface area contributed by atoms with Gasteiger partial charge in [0.2, 0.25) is 12.3 Å². The zero-order chi connectivity index (χ0) is 21.3. The van der Waals surface area contributed by atoms with Crippen molar-refractivity contribution in [1.29, 1.82) is 0 Å². The summed E-state index contributed by atoms with van der Waals surface area (Å²) in [5, 5.41) is 5.20. The van der Waals surface area contributed by atoms with E-state index in [1.807, 2.05) is 18.2 Å². The molecular formula is C22H26N2O5. The third-order valence-electron chi connectivity index (χ3n) is 3.76. The van der Waals surface area contributed by atoms with Crippen LogP contribution >= 0.6 is 0 Å². The molecule has 7 nitrogen and oxygen atoms in total. The maximum atomic E-state index is 12.7. The van der Waals surface area contributed by atoms with Crippen molar-refractivity contribution in [1.82, 2.24) is 5.32 Å². The summed E-state index contributed by atoms with van der Waals surface area (Å²) >= 11 is 0. The van der Waals surface area contributed by atoms with E-state index < -0.39 is 23.5 Å². The molecule has 154 valence electrons. The van der Waals surface area contributed by atoms with Crippen LogP contribution in [0.25, 0.3) is 0 Å². The van der Waals surface area contributed by atoms with Crippen LogP contribution in [0.15, 0.2) is 54.6 Å². The predicted octanol–water partition coefficient (Wildman–Crippen LogP) is 3.65. The molecule has 0 saturated carbocycles. The molecule has 0 fully saturated rings. The molecule has 1 atom stereocenters. The molecular weight excluding hydrogens is 372 g/mol. The van der Waals surface area contributed by atoms with Crippen molar-refractivity contribution < 1.29 is 23.9 Å². The van der Waals surface area contributed by atoms with Gasteiger partial charge >= 0.3 is 5.97 Å². The molecule has 2 aromatic carbocycles. The van der Waals surface area contributed by atoms with E-state index in [0.717, 1.165) is 0 Å². The second kappa shape index (κ2) is 10.3. The smallest absolute Gasteiger partial charge is 0.306 e. The summed E-state index contributed by atoms with van der Waals surface area (Å²) < 4.78 is 11.1. The second-order valence-corrected chi connectivity index (χ2v) is 7.36. The topological polar surface area (TPSA) is 93.7 Å². The Morgan fingerprint density at radius 3 is 2.34 bits per heavy atom. The predicted molar refractivity (Wildman–Crippen MR) is 110 cm³/mol. The first kappa shape index (κ1) is 21.9. The molecule has 2 aromatic rings. The van der Waals surface area contributed by atoms with Crippen molar-refractivity contribution in [3.8, 4) is 11.5 Å². The van der Waals surface area contributed by atoms with Gasteiger partial charge in [0.05, 0.1) is 5.69 Å². The molecule has 0 bridgehead atoms. The molecule has 2 rings (SSSR count). The summed E-state index contributed by atoms with van der Waals surface area (Å²) in [5.74, 6) is 0.200. The van der Waals surface area contributed by atoms with Gasteiger partial charge in [-0.1, -0.05) is 30.3 Å². The third-order valence-corrected chi connectivity index (χ3v) is 3.76. The van der Waals surface area contributed by atoms with Crippen molar-refractivity contribution in [3.05, 3.63) is 54.6 Å². The summed E-state index contributed by atoms with van der Waals surface area (Å²) in [6.07, 6.45) is 0.547. The van der Waals surface area contributed by atoms with Crippen molar-refractivity contribution in [2.45, 2.75) is 45.3 Å². The Labute approximate surface area is 170 Å². The van der Waals surface area contributed by atoms with Crippen LogP contribution in [-0.2, 0) is 19.1 Å². The first-order chi connectivity index (χ1) is 13.8. The summed E-state index contributed by atoms with van der Waals surface area (Å²) in [5.41, 5.74) is -0.156. The Morgan fingerprint density at radius 2 is 1.69 bits per heavy atom. The first-order valence-corrected chi connectivity index (χ1v) is 9.33. The quantitative estimate of drug-likeness (QED) is 0.497. The molecule has 0 heterocycles. The highest BCUT2D eigenvalue weighted by molar-refractivity contribution is 5.97. The lowest BCUT2D eigenvalue weighted by atomic mass is 10.1. The van der Waals surface area contributed by atoms with Crippen LogP contribution in [0.2, 0.25) is 0 Å². The molecule has 2 amide bonds. The number of esters is 1. The van der Waals surface area contributed by atoms with E-state index in [1.165, 1.54) is 0 Å². The fraction of sp³-hybridized carbons (Fsp3) is 0.318. The van der Waals surface area contributed by atoms with Gasteiger partial charge in [0.25, 0.3) is 0 Å².